The van der Waals surface area contributed by atoms with Crippen molar-refractivity contribution in [2.45, 2.75) is 62.7 Å². The van der Waals surface area contributed by atoms with Gasteiger partial charge < -0.3 is 32.1 Å². The number of aliphatic hydroxyl groups is 1. The molecule has 3 aromatic heterocycles. The van der Waals surface area contributed by atoms with Crippen molar-refractivity contribution in [2.24, 2.45) is 5.73 Å². The number of pyridine rings is 1. The first-order chi connectivity index (χ1) is 17.9. The van der Waals surface area contributed by atoms with Gasteiger partial charge in [0, 0.05) is 30.4 Å². The van der Waals surface area contributed by atoms with Gasteiger partial charge in [-0.2, -0.15) is 0 Å². The molecule has 2 saturated carbocycles. The van der Waals surface area contributed by atoms with Crippen molar-refractivity contribution in [3.8, 4) is 0 Å². The van der Waals surface area contributed by atoms with Gasteiger partial charge in [-0.15, -0.1) is 5.10 Å². The summed E-state index contributed by atoms with van der Waals surface area (Å²) in [4.78, 5) is 33.1. The zero-order chi connectivity index (χ0) is 25.9. The van der Waals surface area contributed by atoms with Gasteiger partial charge in [0.2, 0.25) is 5.91 Å². The highest BCUT2D eigenvalue weighted by Crippen LogP contribution is 2.30. The average Bonchev–Trinajstić information content (AvgIpc) is 3.61. The highest BCUT2D eigenvalue weighted by molar-refractivity contribution is 6.03. The number of nitrogens with two attached hydrogens (primary N) is 1. The van der Waals surface area contributed by atoms with Crippen molar-refractivity contribution in [1.29, 1.82) is 0 Å². The van der Waals surface area contributed by atoms with Gasteiger partial charge in [-0.1, -0.05) is 0 Å². The summed E-state index contributed by atoms with van der Waals surface area (Å²) in [5, 5.41) is 26.0. The highest BCUT2D eigenvalue weighted by atomic mass is 19.1. The van der Waals surface area contributed by atoms with E-state index in [1.807, 2.05) is 6.07 Å². The molecule has 3 heterocycles. The molecule has 0 bridgehead atoms. The number of aromatic nitrogens is 4. The molecule has 2 aliphatic carbocycles. The zero-order valence-corrected chi connectivity index (χ0v) is 20.2. The first kappa shape index (κ1) is 24.8. The molecular weight excluding hydrogens is 481 g/mol. The maximum Gasteiger partial charge on any atom is 0.276 e. The number of carbonyl (C=O) groups excluding carboxylic acids is 2. The molecular formula is C24H30FN9O3. The van der Waals surface area contributed by atoms with Crippen LogP contribution in [0.5, 0.6) is 0 Å². The van der Waals surface area contributed by atoms with Crippen molar-refractivity contribution in [1.82, 2.24) is 24.9 Å². The van der Waals surface area contributed by atoms with Crippen LogP contribution in [-0.4, -0.2) is 67.3 Å². The molecule has 0 radical (unpaired) electrons. The minimum absolute atomic E-state index is 0.00297. The Hall–Kier alpha value is -3.84. The second-order valence-corrected chi connectivity index (χ2v) is 9.54. The van der Waals surface area contributed by atoms with Crippen molar-refractivity contribution in [2.75, 3.05) is 22.6 Å². The van der Waals surface area contributed by atoms with Gasteiger partial charge in [0.15, 0.2) is 17.2 Å². The molecule has 0 aliphatic heterocycles. The van der Waals surface area contributed by atoms with Gasteiger partial charge in [0.25, 0.3) is 5.91 Å². The second-order valence-electron chi connectivity index (χ2n) is 9.54. The molecule has 7 N–H and O–H groups in total. The lowest BCUT2D eigenvalue weighted by Crippen LogP contribution is -2.48. The zero-order valence-electron chi connectivity index (χ0n) is 20.2. The monoisotopic (exact) mass is 511 g/mol. The fraction of sp³-hybridized carbons (Fsp3) is 0.458. The van der Waals surface area contributed by atoms with Crippen LogP contribution in [0.1, 0.15) is 49.0 Å². The molecule has 0 unspecified atom stereocenters. The van der Waals surface area contributed by atoms with Gasteiger partial charge in [-0.3, -0.25) is 14.6 Å². The van der Waals surface area contributed by atoms with E-state index in [4.69, 9.17) is 10.8 Å². The maximum absolute atomic E-state index is 14.0. The Kier molecular flexibility index (Phi) is 7.15. The summed E-state index contributed by atoms with van der Waals surface area (Å²) in [6.07, 6.45) is 9.07. The van der Waals surface area contributed by atoms with Gasteiger partial charge in [0.1, 0.15) is 11.9 Å². The van der Waals surface area contributed by atoms with Crippen molar-refractivity contribution >= 4 is 34.7 Å². The molecule has 2 amide bonds. The number of anilines is 3. The Labute approximate surface area is 212 Å². The van der Waals surface area contributed by atoms with E-state index in [2.05, 4.69) is 36.3 Å². The predicted octanol–water partition coefficient (Wildman–Crippen LogP) is 1.25. The Bertz CT molecular complexity index is 1290. The van der Waals surface area contributed by atoms with Crippen LogP contribution in [0.2, 0.25) is 0 Å². The smallest absolute Gasteiger partial charge is 0.276 e. The lowest BCUT2D eigenvalue weighted by atomic mass is 9.91. The minimum Gasteiger partial charge on any atom is -0.394 e. The van der Waals surface area contributed by atoms with E-state index >= 15 is 0 Å². The predicted molar refractivity (Wildman–Crippen MR) is 135 cm³/mol. The number of hydrogen-bond acceptors (Lipinski definition) is 9. The SMILES string of the molecule is N[C@@H](CO)C(=O)N[C@H]1CC[C@H](Nc2cc(NC3CC3)c3ncc(C(=O)Nc4ccncc4F)n3n2)CC1. The normalized spacial score (nSPS) is 20.3. The number of nitrogens with zero attached hydrogens (tertiary/aromatic N) is 4. The number of rotatable bonds is 9. The number of aliphatic hydroxyl groups excluding tert-OH is 1. The third kappa shape index (κ3) is 5.78. The lowest BCUT2D eigenvalue weighted by Gasteiger charge is -2.30. The Morgan fingerprint density at radius 1 is 1.08 bits per heavy atom. The quantitative estimate of drug-likeness (QED) is 0.247. The van der Waals surface area contributed by atoms with Crippen LogP contribution < -0.4 is 27.0 Å². The third-order valence-corrected chi connectivity index (χ3v) is 6.62. The molecule has 1 atom stereocenters. The number of halogens is 1. The number of hydrogen-bond donors (Lipinski definition) is 6. The number of carbonyl (C=O) groups is 2. The molecule has 0 saturated heterocycles. The summed E-state index contributed by atoms with van der Waals surface area (Å²) in [5.41, 5.74) is 7.04. The van der Waals surface area contributed by atoms with E-state index < -0.39 is 17.8 Å². The van der Waals surface area contributed by atoms with Crippen LogP contribution in [0.15, 0.2) is 30.7 Å². The Morgan fingerprint density at radius 2 is 1.78 bits per heavy atom. The molecule has 2 fully saturated rings. The number of amides is 2. The van der Waals surface area contributed by atoms with Crippen molar-refractivity contribution in [3.63, 3.8) is 0 Å². The molecule has 0 spiro atoms. The van der Waals surface area contributed by atoms with Gasteiger partial charge in [0.05, 0.1) is 30.4 Å². The topological polar surface area (TPSA) is 172 Å². The lowest BCUT2D eigenvalue weighted by molar-refractivity contribution is -0.124. The first-order valence-corrected chi connectivity index (χ1v) is 12.4. The van der Waals surface area contributed by atoms with Crippen LogP contribution in [0.3, 0.4) is 0 Å². The molecule has 196 valence electrons. The molecule has 3 aromatic rings. The molecule has 37 heavy (non-hydrogen) atoms. The van der Waals surface area contributed by atoms with Gasteiger partial charge in [-0.05, 0) is 44.6 Å². The fourth-order valence-electron chi connectivity index (χ4n) is 4.39. The fourth-order valence-corrected chi connectivity index (χ4v) is 4.39. The van der Waals surface area contributed by atoms with E-state index in [9.17, 15) is 14.0 Å². The van der Waals surface area contributed by atoms with E-state index in [0.29, 0.717) is 17.5 Å². The molecule has 13 heteroatoms. The van der Waals surface area contributed by atoms with Crippen molar-refractivity contribution < 1.29 is 19.1 Å². The van der Waals surface area contributed by atoms with Crippen LogP contribution >= 0.6 is 0 Å². The maximum atomic E-state index is 14.0. The number of nitrogens with one attached hydrogen (secondary N) is 4. The number of imidazole rings is 1. The summed E-state index contributed by atoms with van der Waals surface area (Å²) in [5.74, 6) is -0.954. The van der Waals surface area contributed by atoms with Gasteiger partial charge in [-0.25, -0.2) is 13.9 Å². The summed E-state index contributed by atoms with van der Waals surface area (Å²) in [6, 6.07) is 2.82. The standard InChI is InChI=1S/C24H30FN9O3/c25-16-10-27-8-7-18(16)32-24(37)20-11-28-22-19(29-13-1-2-13)9-21(33-34(20)22)30-14-3-5-15(6-4-14)31-23(36)17(26)12-35/h7-11,13-15,17,29,35H,1-6,12,26H2,(H,30,33)(H,31,36)(H,27,32,37)/t14-,15-,17-/m0/s1. The summed E-state index contributed by atoms with van der Waals surface area (Å²) >= 11 is 0. The van der Waals surface area contributed by atoms with Crippen molar-refractivity contribution in [3.05, 3.63) is 42.2 Å². The van der Waals surface area contributed by atoms with Crippen LogP contribution in [0.4, 0.5) is 21.6 Å². The molecule has 12 nitrogen and oxygen atoms in total. The minimum atomic E-state index is -0.916. The summed E-state index contributed by atoms with van der Waals surface area (Å²) in [6.45, 7) is -0.389. The third-order valence-electron chi connectivity index (χ3n) is 6.62. The average molecular weight is 512 g/mol. The van der Waals surface area contributed by atoms with E-state index in [1.165, 1.54) is 23.0 Å². The van der Waals surface area contributed by atoms with Gasteiger partial charge >= 0.3 is 0 Å². The van der Waals surface area contributed by atoms with Crippen LogP contribution in [-0.2, 0) is 4.79 Å². The van der Waals surface area contributed by atoms with Crippen LogP contribution in [0, 0.1) is 5.82 Å². The molecule has 5 rings (SSSR count). The van der Waals surface area contributed by atoms with Crippen LogP contribution in [0.25, 0.3) is 5.65 Å². The highest BCUT2D eigenvalue weighted by Gasteiger charge is 2.27. The number of fused-ring (bicyclic) bond motifs is 1. The van der Waals surface area contributed by atoms with E-state index in [-0.39, 0.29) is 36.0 Å². The Morgan fingerprint density at radius 3 is 2.49 bits per heavy atom. The largest absolute Gasteiger partial charge is 0.394 e. The molecule has 2 aliphatic rings. The first-order valence-electron chi connectivity index (χ1n) is 12.4. The summed E-state index contributed by atoms with van der Waals surface area (Å²) in [7, 11) is 0. The molecule has 0 aromatic carbocycles. The van der Waals surface area contributed by atoms with E-state index in [1.54, 1.807) is 0 Å². The summed E-state index contributed by atoms with van der Waals surface area (Å²) < 4.78 is 15.5. The second kappa shape index (κ2) is 10.6. The van der Waals surface area contributed by atoms with E-state index in [0.717, 1.165) is 50.4 Å². The Balaban J connectivity index is 1.32.